The fraction of sp³-hybridized carbons (Fsp3) is 0.571. The van der Waals surface area contributed by atoms with E-state index in [-0.39, 0.29) is 30.9 Å². The molecule has 5 nitrogen and oxygen atoms in total. The molecule has 122 valence electrons. The van der Waals surface area contributed by atoms with Gasteiger partial charge in [-0.25, -0.2) is 0 Å². The second-order valence-corrected chi connectivity index (χ2v) is 5.44. The maximum absolute atomic E-state index is 13.2. The number of piperidine rings is 1. The van der Waals surface area contributed by atoms with E-state index in [0.717, 1.165) is 11.2 Å². The van der Waals surface area contributed by atoms with Gasteiger partial charge < -0.3 is 14.6 Å². The zero-order chi connectivity index (χ0) is 16.5. The average molecular weight is 318 g/mol. The Bertz CT molecular complexity index is 568. The van der Waals surface area contributed by atoms with E-state index in [1.54, 1.807) is 6.92 Å². The van der Waals surface area contributed by atoms with Crippen LogP contribution < -0.4 is 5.32 Å². The molecular weight excluding hydrogens is 301 g/mol. The highest BCUT2D eigenvalue weighted by molar-refractivity contribution is 5.94. The number of likely N-dealkylation sites (tertiary alicyclic amines) is 1. The van der Waals surface area contributed by atoms with Crippen LogP contribution in [0.2, 0.25) is 0 Å². The smallest absolute Gasteiger partial charge is 0.408 e. The van der Waals surface area contributed by atoms with Crippen LogP contribution in [0.3, 0.4) is 0 Å². The molecule has 8 heteroatoms. The van der Waals surface area contributed by atoms with Crippen LogP contribution in [-0.2, 0) is 4.79 Å². The number of hydrogen-bond donors (Lipinski definition) is 1. The normalized spacial score (nSPS) is 22.5. The number of furan rings is 1. The lowest BCUT2D eigenvalue weighted by molar-refractivity contribution is -0.184. The van der Waals surface area contributed by atoms with Crippen molar-refractivity contribution in [3.63, 3.8) is 0 Å². The Balaban J connectivity index is 2.23. The monoisotopic (exact) mass is 318 g/mol. The largest absolute Gasteiger partial charge is 0.469 e. The molecule has 1 saturated heterocycles. The van der Waals surface area contributed by atoms with Gasteiger partial charge in [-0.15, -0.1) is 0 Å². The molecule has 0 saturated carbocycles. The molecule has 1 aliphatic rings. The Hall–Kier alpha value is -1.99. The first-order valence-corrected chi connectivity index (χ1v) is 6.88. The van der Waals surface area contributed by atoms with Gasteiger partial charge in [0, 0.05) is 19.5 Å². The molecule has 1 aliphatic heterocycles. The number of carbonyl (C=O) groups excluding carboxylic acids is 2. The van der Waals surface area contributed by atoms with Crippen LogP contribution in [0.4, 0.5) is 13.2 Å². The average Bonchev–Trinajstić information content (AvgIpc) is 2.82. The first-order chi connectivity index (χ1) is 10.2. The second kappa shape index (κ2) is 6.02. The van der Waals surface area contributed by atoms with Gasteiger partial charge in [-0.05, 0) is 25.8 Å². The number of nitrogens with zero attached hydrogens (tertiary/aromatic N) is 1. The molecule has 0 unspecified atom stereocenters. The molecule has 2 amide bonds. The summed E-state index contributed by atoms with van der Waals surface area (Å²) in [4.78, 5) is 24.2. The van der Waals surface area contributed by atoms with E-state index in [9.17, 15) is 22.8 Å². The van der Waals surface area contributed by atoms with Crippen molar-refractivity contribution >= 4 is 11.8 Å². The van der Waals surface area contributed by atoms with Crippen LogP contribution >= 0.6 is 0 Å². The summed E-state index contributed by atoms with van der Waals surface area (Å²) in [6.07, 6.45) is -3.42. The first-order valence-electron chi connectivity index (χ1n) is 6.88. The molecule has 0 aliphatic carbocycles. The number of carbonyl (C=O) groups is 2. The zero-order valence-electron chi connectivity index (χ0n) is 12.2. The summed E-state index contributed by atoms with van der Waals surface area (Å²) in [5.74, 6) is -0.626. The molecule has 0 spiro atoms. The number of hydrogen-bond acceptors (Lipinski definition) is 3. The minimum atomic E-state index is -4.50. The van der Waals surface area contributed by atoms with Gasteiger partial charge in [0.2, 0.25) is 5.91 Å². The molecule has 1 aromatic heterocycles. The van der Waals surface area contributed by atoms with E-state index < -0.39 is 24.2 Å². The van der Waals surface area contributed by atoms with Gasteiger partial charge in [0.1, 0.15) is 18.1 Å². The van der Waals surface area contributed by atoms with Crippen LogP contribution in [0.5, 0.6) is 0 Å². The molecule has 1 aromatic rings. The summed E-state index contributed by atoms with van der Waals surface area (Å²) in [6, 6.07) is -0.925. The van der Waals surface area contributed by atoms with Gasteiger partial charge in [-0.2, -0.15) is 13.2 Å². The van der Waals surface area contributed by atoms with E-state index in [0.29, 0.717) is 5.76 Å². The van der Waals surface area contributed by atoms with E-state index in [4.69, 9.17) is 4.42 Å². The predicted molar refractivity (Wildman–Crippen MR) is 71.2 cm³/mol. The minimum Gasteiger partial charge on any atom is -0.469 e. The topological polar surface area (TPSA) is 62.6 Å². The number of aryl methyl sites for hydroxylation is 1. The third-order valence-corrected chi connectivity index (χ3v) is 3.61. The Morgan fingerprint density at radius 2 is 2.05 bits per heavy atom. The SMILES string of the molecule is CC(=O)N[C@@H]1CC[C@@H](C(F)(F)F)N(C(=O)c2coc(C)c2)C1. The summed E-state index contributed by atoms with van der Waals surface area (Å²) >= 11 is 0. The van der Waals surface area contributed by atoms with Crippen molar-refractivity contribution in [2.24, 2.45) is 0 Å². The lowest BCUT2D eigenvalue weighted by Crippen LogP contribution is -2.58. The van der Waals surface area contributed by atoms with Crippen LogP contribution in [0.25, 0.3) is 0 Å². The third-order valence-electron chi connectivity index (χ3n) is 3.61. The molecule has 0 radical (unpaired) electrons. The fourth-order valence-electron chi connectivity index (χ4n) is 2.66. The van der Waals surface area contributed by atoms with Crippen molar-refractivity contribution in [2.45, 2.75) is 44.9 Å². The highest BCUT2D eigenvalue weighted by Crippen LogP contribution is 2.33. The number of nitrogens with one attached hydrogen (secondary N) is 1. The van der Waals surface area contributed by atoms with Crippen molar-refractivity contribution < 1.29 is 27.2 Å². The predicted octanol–water partition coefficient (Wildman–Crippen LogP) is 2.26. The van der Waals surface area contributed by atoms with Gasteiger partial charge in [-0.3, -0.25) is 9.59 Å². The Kier molecular flexibility index (Phi) is 4.48. The summed E-state index contributed by atoms with van der Waals surface area (Å²) in [7, 11) is 0. The third kappa shape index (κ3) is 3.61. The minimum absolute atomic E-state index is 0.0789. The number of halogens is 3. The molecule has 1 N–H and O–H groups in total. The lowest BCUT2D eigenvalue weighted by atomic mass is 9.96. The molecule has 0 aromatic carbocycles. The number of rotatable bonds is 2. The molecule has 2 atom stereocenters. The second-order valence-electron chi connectivity index (χ2n) is 5.44. The Morgan fingerprint density at radius 1 is 1.36 bits per heavy atom. The molecule has 22 heavy (non-hydrogen) atoms. The highest BCUT2D eigenvalue weighted by atomic mass is 19.4. The zero-order valence-corrected chi connectivity index (χ0v) is 12.2. The van der Waals surface area contributed by atoms with Gasteiger partial charge in [0.15, 0.2) is 0 Å². The first kappa shape index (κ1) is 16.4. The van der Waals surface area contributed by atoms with Crippen LogP contribution in [-0.4, -0.2) is 41.5 Å². The molecule has 1 fully saturated rings. The van der Waals surface area contributed by atoms with Crippen LogP contribution in [0.15, 0.2) is 16.7 Å². The summed E-state index contributed by atoms with van der Waals surface area (Å²) < 4.78 is 44.5. The molecule has 0 bridgehead atoms. The summed E-state index contributed by atoms with van der Waals surface area (Å²) in [5.41, 5.74) is 0.0789. The standard InChI is InChI=1S/C14H17F3N2O3/c1-8-5-10(7-22-8)13(21)19-6-11(18-9(2)20)3-4-12(19)14(15,16)17/h5,7,11-12H,3-4,6H2,1-2H3,(H,18,20)/t11-,12+/m1/s1. The van der Waals surface area contributed by atoms with Crippen LogP contribution in [0.1, 0.15) is 35.9 Å². The Morgan fingerprint density at radius 3 is 2.55 bits per heavy atom. The van der Waals surface area contributed by atoms with Gasteiger partial charge in [0.05, 0.1) is 5.56 Å². The van der Waals surface area contributed by atoms with Crippen molar-refractivity contribution in [3.8, 4) is 0 Å². The van der Waals surface area contributed by atoms with Crippen molar-refractivity contribution in [2.75, 3.05) is 6.54 Å². The van der Waals surface area contributed by atoms with Gasteiger partial charge in [-0.1, -0.05) is 0 Å². The van der Waals surface area contributed by atoms with Crippen molar-refractivity contribution in [1.29, 1.82) is 0 Å². The maximum atomic E-state index is 13.2. The molecule has 2 heterocycles. The van der Waals surface area contributed by atoms with E-state index in [1.165, 1.54) is 13.0 Å². The van der Waals surface area contributed by atoms with E-state index in [1.807, 2.05) is 0 Å². The number of alkyl halides is 3. The van der Waals surface area contributed by atoms with E-state index in [2.05, 4.69) is 5.32 Å². The summed E-state index contributed by atoms with van der Waals surface area (Å²) in [6.45, 7) is 2.72. The fourth-order valence-corrected chi connectivity index (χ4v) is 2.66. The summed E-state index contributed by atoms with van der Waals surface area (Å²) in [5, 5.41) is 2.57. The van der Waals surface area contributed by atoms with E-state index >= 15 is 0 Å². The van der Waals surface area contributed by atoms with Crippen LogP contribution in [0, 0.1) is 6.92 Å². The quantitative estimate of drug-likeness (QED) is 0.910. The lowest BCUT2D eigenvalue weighted by Gasteiger charge is -2.40. The molecular formula is C14H17F3N2O3. The Labute approximate surface area is 125 Å². The van der Waals surface area contributed by atoms with Crippen molar-refractivity contribution in [3.05, 3.63) is 23.7 Å². The highest BCUT2D eigenvalue weighted by Gasteiger charge is 2.48. The van der Waals surface area contributed by atoms with Gasteiger partial charge in [0.25, 0.3) is 5.91 Å². The van der Waals surface area contributed by atoms with Crippen molar-refractivity contribution in [1.82, 2.24) is 10.2 Å². The maximum Gasteiger partial charge on any atom is 0.408 e. The number of amides is 2. The molecule has 2 rings (SSSR count). The van der Waals surface area contributed by atoms with Gasteiger partial charge >= 0.3 is 6.18 Å².